The Morgan fingerprint density at radius 2 is 2.00 bits per heavy atom. The largest absolute Gasteiger partial charge is 0.506 e. The fourth-order valence-corrected chi connectivity index (χ4v) is 1.67. The van der Waals surface area contributed by atoms with Gasteiger partial charge in [-0.05, 0) is 30.7 Å². The van der Waals surface area contributed by atoms with Gasteiger partial charge in [0.1, 0.15) is 11.6 Å². The number of nitrogens with zero attached hydrogens (tertiary/aromatic N) is 1. The maximum atomic E-state index is 12.8. The molecule has 2 N–H and O–H groups in total. The second kappa shape index (κ2) is 5.48. The van der Waals surface area contributed by atoms with Crippen LogP contribution in [0, 0.1) is 5.82 Å². The summed E-state index contributed by atoms with van der Waals surface area (Å²) in [5.41, 5.74) is 1.07. The first kappa shape index (κ1) is 13.0. The highest BCUT2D eigenvalue weighted by molar-refractivity contribution is 5.94. The number of amides is 1. The molecule has 19 heavy (non-hydrogen) atoms. The van der Waals surface area contributed by atoms with E-state index in [9.17, 15) is 14.3 Å². The molecule has 0 spiro atoms. The van der Waals surface area contributed by atoms with Gasteiger partial charge in [-0.2, -0.15) is 0 Å². The van der Waals surface area contributed by atoms with Crippen LogP contribution >= 0.6 is 0 Å². The number of carbonyl (C=O) groups excluding carboxylic acids is 1. The van der Waals surface area contributed by atoms with Gasteiger partial charge in [-0.15, -0.1) is 0 Å². The van der Waals surface area contributed by atoms with Gasteiger partial charge in [-0.1, -0.05) is 12.1 Å². The van der Waals surface area contributed by atoms with Gasteiger partial charge in [0.15, 0.2) is 0 Å². The number of hydrogen-bond acceptors (Lipinski definition) is 3. The third-order valence-corrected chi connectivity index (χ3v) is 2.70. The van der Waals surface area contributed by atoms with Crippen LogP contribution in [0.25, 0.3) is 0 Å². The highest BCUT2D eigenvalue weighted by atomic mass is 19.1. The first-order chi connectivity index (χ1) is 9.06. The molecule has 5 heteroatoms. The number of carbonyl (C=O) groups is 1. The molecule has 98 valence electrons. The molecule has 1 aromatic heterocycles. The zero-order valence-corrected chi connectivity index (χ0v) is 10.3. The highest BCUT2D eigenvalue weighted by Crippen LogP contribution is 2.14. The van der Waals surface area contributed by atoms with E-state index < -0.39 is 0 Å². The third kappa shape index (κ3) is 3.28. The smallest absolute Gasteiger partial charge is 0.253 e. The minimum absolute atomic E-state index is 0.0675. The monoisotopic (exact) mass is 260 g/mol. The molecule has 0 aliphatic rings. The van der Waals surface area contributed by atoms with Crippen molar-refractivity contribution in [1.29, 1.82) is 0 Å². The van der Waals surface area contributed by atoms with Crippen LogP contribution in [0.3, 0.4) is 0 Å². The van der Waals surface area contributed by atoms with E-state index in [0.29, 0.717) is 0 Å². The standard InChI is InChI=1S/C14H13FN2O2/c1-9(10-2-4-12(15)5-3-10)17-14(19)11-6-13(18)8-16-7-11/h2-9,18H,1H3,(H,17,19). The Hall–Kier alpha value is -2.43. The zero-order chi connectivity index (χ0) is 13.8. The number of benzene rings is 1. The van der Waals surface area contributed by atoms with E-state index >= 15 is 0 Å². The molecule has 1 unspecified atom stereocenters. The minimum atomic E-state index is -0.347. The van der Waals surface area contributed by atoms with Crippen molar-refractivity contribution in [3.05, 3.63) is 59.7 Å². The van der Waals surface area contributed by atoms with Crippen molar-refractivity contribution in [3.63, 3.8) is 0 Å². The topological polar surface area (TPSA) is 62.2 Å². The number of halogens is 1. The van der Waals surface area contributed by atoms with Crippen LogP contribution in [0.2, 0.25) is 0 Å². The number of aromatic hydroxyl groups is 1. The average Bonchev–Trinajstić information content (AvgIpc) is 2.39. The molecule has 0 radical (unpaired) electrons. The van der Waals surface area contributed by atoms with Gasteiger partial charge in [-0.3, -0.25) is 9.78 Å². The SMILES string of the molecule is CC(NC(=O)c1cncc(O)c1)c1ccc(F)cc1. The number of pyridine rings is 1. The van der Waals surface area contributed by atoms with Gasteiger partial charge in [0.2, 0.25) is 0 Å². The summed E-state index contributed by atoms with van der Waals surface area (Å²) in [5.74, 6) is -0.734. The fourth-order valence-electron chi connectivity index (χ4n) is 1.67. The van der Waals surface area contributed by atoms with Gasteiger partial charge in [0, 0.05) is 6.20 Å². The van der Waals surface area contributed by atoms with E-state index in [1.165, 1.54) is 30.6 Å². The lowest BCUT2D eigenvalue weighted by molar-refractivity contribution is 0.0939. The Kier molecular flexibility index (Phi) is 3.75. The predicted octanol–water partition coefficient (Wildman–Crippen LogP) is 2.42. The van der Waals surface area contributed by atoms with Crippen LogP contribution in [-0.2, 0) is 0 Å². The summed E-state index contributed by atoms with van der Waals surface area (Å²) in [6.45, 7) is 1.79. The van der Waals surface area contributed by atoms with Gasteiger partial charge in [-0.25, -0.2) is 4.39 Å². The molecule has 0 bridgehead atoms. The Balaban J connectivity index is 2.08. The Morgan fingerprint density at radius 3 is 2.63 bits per heavy atom. The van der Waals surface area contributed by atoms with Gasteiger partial charge in [0.05, 0.1) is 17.8 Å². The Bertz CT molecular complexity index is 584. The van der Waals surface area contributed by atoms with Crippen molar-refractivity contribution in [1.82, 2.24) is 10.3 Å². The van der Waals surface area contributed by atoms with E-state index in [1.807, 2.05) is 0 Å². The van der Waals surface area contributed by atoms with Crippen molar-refractivity contribution in [2.24, 2.45) is 0 Å². The number of nitrogens with one attached hydrogen (secondary N) is 1. The minimum Gasteiger partial charge on any atom is -0.506 e. The third-order valence-electron chi connectivity index (χ3n) is 2.70. The molecular weight excluding hydrogens is 247 g/mol. The molecule has 2 aromatic rings. The molecule has 0 saturated heterocycles. The van der Waals surface area contributed by atoms with Crippen molar-refractivity contribution in [2.45, 2.75) is 13.0 Å². The van der Waals surface area contributed by atoms with Crippen molar-refractivity contribution < 1.29 is 14.3 Å². The summed E-state index contributed by atoms with van der Waals surface area (Å²) < 4.78 is 12.8. The summed E-state index contributed by atoms with van der Waals surface area (Å²) in [5, 5.41) is 12.0. The van der Waals surface area contributed by atoms with Crippen LogP contribution in [-0.4, -0.2) is 16.0 Å². The number of aromatic nitrogens is 1. The first-order valence-electron chi connectivity index (χ1n) is 5.76. The summed E-state index contributed by atoms with van der Waals surface area (Å²) in [6, 6.07) is 6.97. The second-order valence-electron chi connectivity index (χ2n) is 4.18. The Labute approximate surface area is 109 Å². The maximum absolute atomic E-state index is 12.8. The molecule has 0 aliphatic carbocycles. The van der Waals surface area contributed by atoms with E-state index in [-0.39, 0.29) is 29.1 Å². The molecule has 0 saturated carbocycles. The molecule has 2 rings (SSSR count). The predicted molar refractivity (Wildman–Crippen MR) is 68.2 cm³/mol. The number of hydrogen-bond donors (Lipinski definition) is 2. The van der Waals surface area contributed by atoms with Crippen molar-refractivity contribution in [3.8, 4) is 5.75 Å². The highest BCUT2D eigenvalue weighted by Gasteiger charge is 2.12. The Morgan fingerprint density at radius 1 is 1.32 bits per heavy atom. The summed E-state index contributed by atoms with van der Waals surface area (Å²) in [6.07, 6.45) is 2.62. The molecule has 1 atom stereocenters. The molecular formula is C14H13FN2O2. The normalized spacial score (nSPS) is 11.9. The quantitative estimate of drug-likeness (QED) is 0.890. The fraction of sp³-hybridized carbons (Fsp3) is 0.143. The lowest BCUT2D eigenvalue weighted by Crippen LogP contribution is -2.26. The van der Waals surface area contributed by atoms with Crippen LogP contribution in [0.5, 0.6) is 5.75 Å². The van der Waals surface area contributed by atoms with E-state index in [4.69, 9.17) is 0 Å². The van der Waals surface area contributed by atoms with Crippen LogP contribution in [0.15, 0.2) is 42.7 Å². The van der Waals surface area contributed by atoms with E-state index in [2.05, 4.69) is 10.3 Å². The molecule has 4 nitrogen and oxygen atoms in total. The lowest BCUT2D eigenvalue weighted by atomic mass is 10.1. The summed E-state index contributed by atoms with van der Waals surface area (Å²) in [7, 11) is 0. The van der Waals surface area contributed by atoms with E-state index in [1.54, 1.807) is 19.1 Å². The van der Waals surface area contributed by atoms with Crippen LogP contribution in [0.1, 0.15) is 28.9 Å². The van der Waals surface area contributed by atoms with Gasteiger partial charge in [0.25, 0.3) is 5.91 Å². The molecule has 0 aliphatic heterocycles. The van der Waals surface area contributed by atoms with Crippen LogP contribution < -0.4 is 5.32 Å². The second-order valence-corrected chi connectivity index (χ2v) is 4.18. The molecule has 1 amide bonds. The van der Waals surface area contributed by atoms with Crippen molar-refractivity contribution >= 4 is 5.91 Å². The van der Waals surface area contributed by atoms with E-state index in [0.717, 1.165) is 5.56 Å². The molecule has 1 aromatic carbocycles. The average molecular weight is 260 g/mol. The first-order valence-corrected chi connectivity index (χ1v) is 5.76. The van der Waals surface area contributed by atoms with Crippen LogP contribution in [0.4, 0.5) is 4.39 Å². The molecule has 0 fully saturated rings. The molecule has 1 heterocycles. The van der Waals surface area contributed by atoms with Gasteiger partial charge < -0.3 is 10.4 Å². The van der Waals surface area contributed by atoms with Crippen molar-refractivity contribution in [2.75, 3.05) is 0 Å². The lowest BCUT2D eigenvalue weighted by Gasteiger charge is -2.14. The summed E-state index contributed by atoms with van der Waals surface area (Å²) >= 11 is 0. The zero-order valence-electron chi connectivity index (χ0n) is 10.3. The van der Waals surface area contributed by atoms with Gasteiger partial charge >= 0.3 is 0 Å². The number of rotatable bonds is 3. The summed E-state index contributed by atoms with van der Waals surface area (Å²) in [4.78, 5) is 15.6. The maximum Gasteiger partial charge on any atom is 0.253 e.